The van der Waals surface area contributed by atoms with E-state index in [9.17, 15) is 14.4 Å². The lowest BCUT2D eigenvalue weighted by Gasteiger charge is -2.39. The molecule has 0 aromatic heterocycles. The zero-order valence-electron chi connectivity index (χ0n) is 16.0. The number of rotatable bonds is 4. The number of ether oxygens (including phenoxy) is 2. The summed E-state index contributed by atoms with van der Waals surface area (Å²) in [5, 5.41) is 3.35. The number of piperazine rings is 1. The van der Waals surface area contributed by atoms with E-state index in [4.69, 9.17) is 15.2 Å². The maximum absolute atomic E-state index is 13.6. The molecule has 3 N–H and O–H groups in total. The van der Waals surface area contributed by atoms with Crippen LogP contribution in [-0.4, -0.2) is 78.6 Å². The van der Waals surface area contributed by atoms with Crippen molar-refractivity contribution in [2.45, 2.75) is 37.6 Å². The van der Waals surface area contributed by atoms with Gasteiger partial charge in [-0.15, -0.1) is 0 Å². The zero-order chi connectivity index (χ0) is 19.8. The van der Waals surface area contributed by atoms with Crippen LogP contribution in [0.25, 0.3) is 0 Å². The van der Waals surface area contributed by atoms with E-state index in [-0.39, 0.29) is 30.3 Å². The van der Waals surface area contributed by atoms with Crippen molar-refractivity contribution < 1.29 is 23.9 Å². The Balaban J connectivity index is 1.61. The van der Waals surface area contributed by atoms with E-state index < -0.39 is 17.7 Å². The van der Waals surface area contributed by atoms with Gasteiger partial charge in [0.1, 0.15) is 6.61 Å². The maximum atomic E-state index is 13.6. The third-order valence-electron chi connectivity index (χ3n) is 6.82. The number of hydrogen-bond donors (Lipinski definition) is 2. The van der Waals surface area contributed by atoms with Gasteiger partial charge in [-0.05, 0) is 19.8 Å². The van der Waals surface area contributed by atoms with Crippen molar-refractivity contribution in [3.05, 3.63) is 22.5 Å². The molecular formula is C19H24N4O5. The van der Waals surface area contributed by atoms with Gasteiger partial charge in [0.15, 0.2) is 5.72 Å². The molecule has 4 atom stereocenters. The summed E-state index contributed by atoms with van der Waals surface area (Å²) in [7, 11) is 1.57. The predicted octanol–water partition coefficient (Wildman–Crippen LogP) is -0.514. The molecule has 5 aliphatic rings. The number of likely N-dealkylation sites (tertiary alicyclic amines) is 1. The van der Waals surface area contributed by atoms with Crippen LogP contribution in [0.2, 0.25) is 0 Å². The largest absolute Gasteiger partial charge is 0.449 e. The van der Waals surface area contributed by atoms with Crippen molar-refractivity contribution in [3.8, 4) is 0 Å². The quantitative estimate of drug-likeness (QED) is 0.487. The summed E-state index contributed by atoms with van der Waals surface area (Å²) in [6.07, 6.45) is 1.09. The minimum absolute atomic E-state index is 0.0271. The van der Waals surface area contributed by atoms with Crippen molar-refractivity contribution >= 4 is 17.7 Å². The van der Waals surface area contributed by atoms with Crippen LogP contribution >= 0.6 is 0 Å². The molecule has 9 heteroatoms. The number of ketones is 2. The van der Waals surface area contributed by atoms with Crippen molar-refractivity contribution in [2.24, 2.45) is 11.7 Å². The average Bonchev–Trinajstić information content (AvgIpc) is 3.04. The van der Waals surface area contributed by atoms with Gasteiger partial charge >= 0.3 is 6.09 Å². The SMILES string of the molecule is CO[C@@]12[C@@H]3N[C@@H]3CN1C1=C(C(=O)C(N3CCCC3)=C(C)C1=O)[C@@H]2COC(N)=O. The molecule has 1 aliphatic carbocycles. The van der Waals surface area contributed by atoms with Crippen molar-refractivity contribution in [2.75, 3.05) is 33.4 Å². The van der Waals surface area contributed by atoms with Crippen LogP contribution in [0.15, 0.2) is 22.5 Å². The Morgan fingerprint density at radius 3 is 2.61 bits per heavy atom. The number of carbonyl (C=O) groups excluding carboxylic acids is 3. The first-order chi connectivity index (χ1) is 13.4. The first-order valence-corrected chi connectivity index (χ1v) is 9.72. The molecule has 0 spiro atoms. The minimum Gasteiger partial charge on any atom is -0.449 e. The molecule has 0 aromatic rings. The number of fused-ring (bicyclic) bond motifs is 4. The normalized spacial score (nSPS) is 36.1. The molecule has 3 fully saturated rings. The fraction of sp³-hybridized carbons (Fsp3) is 0.632. The Morgan fingerprint density at radius 2 is 1.96 bits per heavy atom. The average molecular weight is 388 g/mol. The summed E-state index contributed by atoms with van der Waals surface area (Å²) in [5.74, 6) is -0.872. The number of nitrogens with zero attached hydrogens (tertiary/aromatic N) is 2. The van der Waals surface area contributed by atoms with Gasteiger partial charge in [-0.3, -0.25) is 9.59 Å². The van der Waals surface area contributed by atoms with Crippen LogP contribution in [0, 0.1) is 5.92 Å². The number of amides is 1. The van der Waals surface area contributed by atoms with Crippen LogP contribution in [0.3, 0.4) is 0 Å². The topological polar surface area (TPSA) is 124 Å². The molecule has 28 heavy (non-hydrogen) atoms. The molecule has 0 radical (unpaired) electrons. The van der Waals surface area contributed by atoms with Crippen LogP contribution in [0.1, 0.15) is 19.8 Å². The lowest BCUT2D eigenvalue weighted by molar-refractivity contribution is -0.137. The minimum atomic E-state index is -0.920. The van der Waals surface area contributed by atoms with Crippen molar-refractivity contribution in [1.82, 2.24) is 15.1 Å². The second-order valence-electron chi connectivity index (χ2n) is 8.09. The lowest BCUT2D eigenvalue weighted by atomic mass is 9.82. The molecule has 4 aliphatic heterocycles. The first-order valence-electron chi connectivity index (χ1n) is 9.72. The van der Waals surface area contributed by atoms with Gasteiger partial charge in [-0.25, -0.2) is 4.79 Å². The highest BCUT2D eigenvalue weighted by molar-refractivity contribution is 6.25. The molecule has 0 saturated carbocycles. The summed E-state index contributed by atoms with van der Waals surface area (Å²) in [5.41, 5.74) is 6.05. The van der Waals surface area contributed by atoms with Gasteiger partial charge in [-0.2, -0.15) is 0 Å². The summed E-state index contributed by atoms with van der Waals surface area (Å²) in [6.45, 7) is 3.74. The number of allylic oxidation sites excluding steroid dienone is 2. The molecule has 9 nitrogen and oxygen atoms in total. The number of methoxy groups -OCH3 is 1. The van der Waals surface area contributed by atoms with E-state index >= 15 is 0 Å². The molecule has 4 heterocycles. The van der Waals surface area contributed by atoms with Crippen LogP contribution in [0.5, 0.6) is 0 Å². The first kappa shape index (κ1) is 17.7. The Bertz CT molecular complexity index is 858. The fourth-order valence-corrected chi connectivity index (χ4v) is 5.60. The highest BCUT2D eigenvalue weighted by Crippen LogP contribution is 2.56. The number of nitrogens with two attached hydrogens (primary N) is 1. The molecule has 0 unspecified atom stereocenters. The van der Waals surface area contributed by atoms with E-state index in [2.05, 4.69) is 5.32 Å². The number of Topliss-reactive ketones (excluding diaryl/α,β-unsaturated/α-hetero) is 2. The van der Waals surface area contributed by atoms with Gasteiger partial charge in [0.05, 0.1) is 23.4 Å². The van der Waals surface area contributed by atoms with Crippen molar-refractivity contribution in [1.29, 1.82) is 0 Å². The van der Waals surface area contributed by atoms with Gasteiger partial charge < -0.3 is 30.3 Å². The molecule has 0 aromatic carbocycles. The second-order valence-corrected chi connectivity index (χ2v) is 8.09. The smallest absolute Gasteiger partial charge is 0.404 e. The van der Waals surface area contributed by atoms with E-state index in [1.807, 2.05) is 9.80 Å². The second kappa shape index (κ2) is 5.81. The molecular weight excluding hydrogens is 364 g/mol. The van der Waals surface area contributed by atoms with E-state index in [1.165, 1.54) is 0 Å². The third-order valence-corrected chi connectivity index (χ3v) is 6.82. The Labute approximate surface area is 162 Å². The summed E-state index contributed by atoms with van der Waals surface area (Å²) in [4.78, 5) is 42.2. The van der Waals surface area contributed by atoms with E-state index in [0.717, 1.165) is 25.9 Å². The van der Waals surface area contributed by atoms with Gasteiger partial charge in [0.2, 0.25) is 11.6 Å². The van der Waals surface area contributed by atoms with Crippen molar-refractivity contribution in [3.63, 3.8) is 0 Å². The van der Waals surface area contributed by atoms with E-state index in [0.29, 0.717) is 29.1 Å². The highest BCUT2D eigenvalue weighted by Gasteiger charge is 2.72. The number of carbonyl (C=O) groups is 3. The molecule has 1 amide bonds. The monoisotopic (exact) mass is 388 g/mol. The maximum Gasteiger partial charge on any atom is 0.404 e. The summed E-state index contributed by atoms with van der Waals surface area (Å²) >= 11 is 0. The summed E-state index contributed by atoms with van der Waals surface area (Å²) < 4.78 is 11.1. The highest BCUT2D eigenvalue weighted by atomic mass is 16.6. The third kappa shape index (κ3) is 2.06. The number of hydrogen-bond acceptors (Lipinski definition) is 8. The van der Waals surface area contributed by atoms with Gasteiger partial charge in [0, 0.05) is 43.9 Å². The van der Waals surface area contributed by atoms with E-state index in [1.54, 1.807) is 14.0 Å². The predicted molar refractivity (Wildman–Crippen MR) is 96.7 cm³/mol. The van der Waals surface area contributed by atoms with Crippen LogP contribution in [-0.2, 0) is 19.1 Å². The Kier molecular flexibility index (Phi) is 3.67. The fourth-order valence-electron chi connectivity index (χ4n) is 5.60. The van der Waals surface area contributed by atoms with Gasteiger partial charge in [0.25, 0.3) is 0 Å². The number of nitrogens with one attached hydrogen (secondary N) is 1. The van der Waals surface area contributed by atoms with Gasteiger partial charge in [-0.1, -0.05) is 0 Å². The number of primary amides is 1. The molecule has 5 rings (SSSR count). The molecule has 0 bridgehead atoms. The molecule has 3 saturated heterocycles. The van der Waals surface area contributed by atoms with Crippen LogP contribution < -0.4 is 11.1 Å². The standard InChI is InChI=1S/C19H24N4O5/c1-9-13(22-5-3-4-6-22)16(25)12-10(8-28-18(20)26)19(27-2)17-11(21-17)7-23(19)14(12)15(9)24/h10-11,17,21H,3-8H2,1-2H3,(H2,20,26)/t10-,11+,17+,19-/m0/s1. The Hall–Kier alpha value is -2.39. The lowest BCUT2D eigenvalue weighted by Crippen LogP contribution is -2.55. The summed E-state index contributed by atoms with van der Waals surface area (Å²) in [6, 6.07) is 0.165. The molecule has 150 valence electrons. The Morgan fingerprint density at radius 1 is 1.25 bits per heavy atom. The zero-order valence-corrected chi connectivity index (χ0v) is 16.0. The van der Waals surface area contributed by atoms with Crippen LogP contribution in [0.4, 0.5) is 4.79 Å².